The van der Waals surface area contributed by atoms with Crippen LogP contribution in [-0.2, 0) is 9.84 Å². The summed E-state index contributed by atoms with van der Waals surface area (Å²) in [6.07, 6.45) is 1.06. The minimum atomic E-state index is -3.42. The number of nitro groups is 1. The molecule has 0 radical (unpaired) electrons. The Morgan fingerprint density at radius 2 is 1.57 bits per heavy atom. The predicted octanol–water partition coefficient (Wildman–Crippen LogP) is 4.74. The van der Waals surface area contributed by atoms with Crippen molar-refractivity contribution in [3.63, 3.8) is 0 Å². The summed E-state index contributed by atoms with van der Waals surface area (Å²) >= 11 is 0. The average Bonchev–Trinajstić information content (AvgIpc) is 2.63. The molecule has 6 nitrogen and oxygen atoms in total. The van der Waals surface area contributed by atoms with E-state index >= 15 is 0 Å². The highest BCUT2D eigenvalue weighted by Crippen LogP contribution is 2.37. The fraction of sp³-hybridized carbons (Fsp3) is 0.0526. The van der Waals surface area contributed by atoms with Gasteiger partial charge in [0.15, 0.2) is 21.4 Å². The lowest BCUT2D eigenvalue weighted by Gasteiger charge is -2.12. The van der Waals surface area contributed by atoms with E-state index in [2.05, 4.69) is 0 Å². The van der Waals surface area contributed by atoms with Crippen molar-refractivity contribution < 1.29 is 26.9 Å². The van der Waals surface area contributed by atoms with Crippen molar-refractivity contribution in [3.05, 3.63) is 82.4 Å². The molecule has 0 spiro atoms. The molecule has 0 aliphatic carbocycles. The lowest BCUT2D eigenvalue weighted by molar-refractivity contribution is -0.384. The number of non-ortho nitro benzene ring substituents is 1. The Kier molecular flexibility index (Phi) is 5.10. The van der Waals surface area contributed by atoms with Gasteiger partial charge in [-0.1, -0.05) is 12.1 Å². The maximum Gasteiger partial charge on any atom is 0.270 e. The Balaban J connectivity index is 2.09. The van der Waals surface area contributed by atoms with Crippen molar-refractivity contribution in [2.75, 3.05) is 6.26 Å². The molecule has 3 aromatic rings. The summed E-state index contributed by atoms with van der Waals surface area (Å²) in [5.41, 5.74) is 0.445. The second-order valence-corrected chi connectivity index (χ2v) is 7.93. The second-order valence-electron chi connectivity index (χ2n) is 5.91. The Labute approximate surface area is 159 Å². The van der Waals surface area contributed by atoms with Crippen LogP contribution in [0.4, 0.5) is 14.5 Å². The zero-order valence-corrected chi connectivity index (χ0v) is 15.2. The van der Waals surface area contributed by atoms with E-state index in [1.165, 1.54) is 42.5 Å². The molecule has 0 amide bonds. The Bertz CT molecular complexity index is 1160. The van der Waals surface area contributed by atoms with Crippen molar-refractivity contribution >= 4 is 15.5 Å². The zero-order valence-electron chi connectivity index (χ0n) is 14.4. The van der Waals surface area contributed by atoms with Crippen LogP contribution in [0.15, 0.2) is 65.6 Å². The average molecular weight is 405 g/mol. The van der Waals surface area contributed by atoms with E-state index in [4.69, 9.17) is 4.74 Å². The van der Waals surface area contributed by atoms with Gasteiger partial charge in [-0.15, -0.1) is 0 Å². The summed E-state index contributed by atoms with van der Waals surface area (Å²) in [6, 6.07) is 12.1. The lowest BCUT2D eigenvalue weighted by Crippen LogP contribution is -1.97. The van der Waals surface area contributed by atoms with Crippen molar-refractivity contribution in [2.45, 2.75) is 4.90 Å². The number of nitro benzene ring substituents is 1. The van der Waals surface area contributed by atoms with Gasteiger partial charge in [0.25, 0.3) is 5.69 Å². The number of rotatable bonds is 5. The fourth-order valence-electron chi connectivity index (χ4n) is 2.50. The highest BCUT2D eigenvalue weighted by molar-refractivity contribution is 7.90. The monoisotopic (exact) mass is 405 g/mol. The van der Waals surface area contributed by atoms with Gasteiger partial charge in [0, 0.05) is 30.0 Å². The van der Waals surface area contributed by atoms with E-state index in [1.807, 2.05) is 0 Å². The Hall–Kier alpha value is -3.33. The normalized spacial score (nSPS) is 11.2. The Morgan fingerprint density at radius 3 is 2.14 bits per heavy atom. The first kappa shape index (κ1) is 19.4. The number of benzene rings is 3. The molecule has 28 heavy (non-hydrogen) atoms. The molecule has 9 heteroatoms. The van der Waals surface area contributed by atoms with Crippen LogP contribution in [0.5, 0.6) is 11.5 Å². The van der Waals surface area contributed by atoms with Gasteiger partial charge in [0.1, 0.15) is 11.6 Å². The van der Waals surface area contributed by atoms with Crippen molar-refractivity contribution in [1.82, 2.24) is 0 Å². The predicted molar refractivity (Wildman–Crippen MR) is 98.1 cm³/mol. The standard InChI is InChI=1S/C19H13F2NO5S/c1-28(25,26)15-6-2-12(3-7-15)16-11-14(22(23)24)5-9-18(16)27-19-8-4-13(20)10-17(19)21/h2-11H,1H3. The maximum atomic E-state index is 13.9. The van der Waals surface area contributed by atoms with Gasteiger partial charge >= 0.3 is 0 Å². The number of hydrogen-bond donors (Lipinski definition) is 0. The third-order valence-electron chi connectivity index (χ3n) is 3.88. The van der Waals surface area contributed by atoms with Crippen LogP contribution >= 0.6 is 0 Å². The summed E-state index contributed by atoms with van der Waals surface area (Å²) in [7, 11) is -3.42. The molecule has 144 valence electrons. The van der Waals surface area contributed by atoms with Gasteiger partial charge in [-0.3, -0.25) is 10.1 Å². The second kappa shape index (κ2) is 7.35. The number of hydrogen-bond acceptors (Lipinski definition) is 5. The first-order valence-electron chi connectivity index (χ1n) is 7.87. The summed E-state index contributed by atoms with van der Waals surface area (Å²) < 4.78 is 55.7. The smallest absolute Gasteiger partial charge is 0.270 e. The van der Waals surface area contributed by atoms with Crippen LogP contribution in [-0.4, -0.2) is 19.6 Å². The summed E-state index contributed by atoms with van der Waals surface area (Å²) in [5.74, 6) is -1.88. The molecular weight excluding hydrogens is 392 g/mol. The third-order valence-corrected chi connectivity index (χ3v) is 5.01. The van der Waals surface area contributed by atoms with E-state index in [-0.39, 0.29) is 27.6 Å². The summed E-state index contributed by atoms with van der Waals surface area (Å²) in [4.78, 5) is 10.6. The van der Waals surface area contributed by atoms with Gasteiger partial charge in [-0.2, -0.15) is 0 Å². The largest absolute Gasteiger partial charge is 0.454 e. The molecule has 3 rings (SSSR count). The van der Waals surface area contributed by atoms with Crippen LogP contribution in [0.25, 0.3) is 11.1 Å². The molecule has 0 aromatic heterocycles. The quantitative estimate of drug-likeness (QED) is 0.452. The van der Waals surface area contributed by atoms with E-state index < -0.39 is 26.4 Å². The van der Waals surface area contributed by atoms with E-state index in [0.717, 1.165) is 18.4 Å². The number of nitrogens with zero attached hydrogens (tertiary/aromatic N) is 1. The van der Waals surface area contributed by atoms with E-state index in [0.29, 0.717) is 11.6 Å². The number of halogens is 2. The van der Waals surface area contributed by atoms with Gasteiger partial charge in [-0.05, 0) is 35.9 Å². The van der Waals surface area contributed by atoms with Gasteiger partial charge in [0.05, 0.1) is 9.82 Å². The van der Waals surface area contributed by atoms with E-state index in [1.54, 1.807) is 0 Å². The molecule has 0 atom stereocenters. The van der Waals surface area contributed by atoms with Crippen LogP contribution in [0.3, 0.4) is 0 Å². The molecular formula is C19H13F2NO5S. The van der Waals surface area contributed by atoms with Crippen molar-refractivity contribution in [1.29, 1.82) is 0 Å². The fourth-order valence-corrected chi connectivity index (χ4v) is 3.13. The first-order valence-corrected chi connectivity index (χ1v) is 9.76. The molecule has 0 aliphatic heterocycles. The molecule has 0 bridgehead atoms. The molecule has 0 fully saturated rings. The van der Waals surface area contributed by atoms with Crippen molar-refractivity contribution in [2.24, 2.45) is 0 Å². The zero-order chi connectivity index (χ0) is 20.5. The molecule has 0 heterocycles. The highest BCUT2D eigenvalue weighted by Gasteiger charge is 2.17. The van der Waals surface area contributed by atoms with Crippen LogP contribution in [0, 0.1) is 21.7 Å². The highest BCUT2D eigenvalue weighted by atomic mass is 32.2. The summed E-state index contributed by atoms with van der Waals surface area (Å²) in [5, 5.41) is 11.1. The molecule has 0 N–H and O–H groups in total. The van der Waals surface area contributed by atoms with Crippen molar-refractivity contribution in [3.8, 4) is 22.6 Å². The van der Waals surface area contributed by atoms with Gasteiger partial charge in [-0.25, -0.2) is 17.2 Å². The summed E-state index contributed by atoms with van der Waals surface area (Å²) in [6.45, 7) is 0. The first-order chi connectivity index (χ1) is 13.1. The molecule has 0 unspecified atom stereocenters. The van der Waals surface area contributed by atoms with Gasteiger partial charge in [0.2, 0.25) is 0 Å². The van der Waals surface area contributed by atoms with E-state index in [9.17, 15) is 27.3 Å². The Morgan fingerprint density at radius 1 is 0.929 bits per heavy atom. The van der Waals surface area contributed by atoms with Crippen LogP contribution < -0.4 is 4.74 Å². The topological polar surface area (TPSA) is 86.5 Å². The minimum Gasteiger partial charge on any atom is -0.454 e. The third kappa shape index (κ3) is 4.15. The number of sulfone groups is 1. The molecule has 0 saturated heterocycles. The molecule has 3 aromatic carbocycles. The minimum absolute atomic E-state index is 0.0775. The van der Waals surface area contributed by atoms with Crippen LogP contribution in [0.2, 0.25) is 0 Å². The SMILES string of the molecule is CS(=O)(=O)c1ccc(-c2cc([N+](=O)[O-])ccc2Oc2ccc(F)cc2F)cc1. The molecule has 0 saturated carbocycles. The maximum absolute atomic E-state index is 13.9. The lowest BCUT2D eigenvalue weighted by atomic mass is 10.0. The number of ether oxygens (including phenoxy) is 1. The van der Waals surface area contributed by atoms with Crippen LogP contribution in [0.1, 0.15) is 0 Å². The molecule has 0 aliphatic rings. The van der Waals surface area contributed by atoms with Gasteiger partial charge < -0.3 is 4.74 Å².